The van der Waals surface area contributed by atoms with Crippen LogP contribution in [0.3, 0.4) is 0 Å². The van der Waals surface area contributed by atoms with Crippen LogP contribution in [0, 0.1) is 5.82 Å². The molecule has 2 aromatic rings. The smallest absolute Gasteiger partial charge is 0.330 e. The molecule has 32 heavy (non-hydrogen) atoms. The van der Waals surface area contributed by atoms with Crippen LogP contribution in [-0.2, 0) is 24.3 Å². The Morgan fingerprint density at radius 3 is 2.59 bits per heavy atom. The summed E-state index contributed by atoms with van der Waals surface area (Å²) in [4.78, 5) is 12.0. The van der Waals surface area contributed by atoms with E-state index in [9.17, 15) is 17.6 Å². The second kappa shape index (κ2) is 11.1. The van der Waals surface area contributed by atoms with Gasteiger partial charge in [0.2, 0.25) is 10.0 Å². The molecule has 172 valence electrons. The highest BCUT2D eigenvalue weighted by Crippen LogP contribution is 2.28. The molecular formula is C22H24FNO7S. The van der Waals surface area contributed by atoms with Gasteiger partial charge < -0.3 is 18.9 Å². The summed E-state index contributed by atoms with van der Waals surface area (Å²) in [5.41, 5.74) is 0.484. The minimum absolute atomic E-state index is 0.00894. The summed E-state index contributed by atoms with van der Waals surface area (Å²) in [6, 6.07) is 10.5. The Morgan fingerprint density at radius 1 is 1.12 bits per heavy atom. The quantitative estimate of drug-likeness (QED) is 0.319. The van der Waals surface area contributed by atoms with Gasteiger partial charge in [-0.15, -0.1) is 0 Å². The third-order valence-electron chi connectivity index (χ3n) is 4.61. The van der Waals surface area contributed by atoms with Crippen molar-refractivity contribution < 1.29 is 36.6 Å². The van der Waals surface area contributed by atoms with E-state index in [-0.39, 0.29) is 42.7 Å². The number of carbonyl (C=O) groups is 1. The van der Waals surface area contributed by atoms with Gasteiger partial charge in [0.15, 0.2) is 11.6 Å². The van der Waals surface area contributed by atoms with E-state index in [2.05, 4.69) is 0 Å². The van der Waals surface area contributed by atoms with Crippen molar-refractivity contribution in [3.8, 4) is 11.5 Å². The minimum atomic E-state index is -3.78. The van der Waals surface area contributed by atoms with E-state index in [4.69, 9.17) is 18.9 Å². The number of esters is 1. The molecule has 1 heterocycles. The van der Waals surface area contributed by atoms with Gasteiger partial charge in [0, 0.05) is 19.2 Å². The van der Waals surface area contributed by atoms with Crippen LogP contribution in [0.2, 0.25) is 0 Å². The number of rotatable bonds is 9. The van der Waals surface area contributed by atoms with E-state index < -0.39 is 21.8 Å². The first-order valence-corrected chi connectivity index (χ1v) is 11.3. The molecule has 1 aliphatic rings. The Labute approximate surface area is 186 Å². The minimum Gasteiger partial charge on any atom is -0.495 e. The molecule has 0 aliphatic carbocycles. The lowest BCUT2D eigenvalue weighted by atomic mass is 10.2. The second-order valence-electron chi connectivity index (χ2n) is 6.71. The summed E-state index contributed by atoms with van der Waals surface area (Å²) < 4.78 is 61.5. The average Bonchev–Trinajstić information content (AvgIpc) is 2.82. The first-order valence-electron chi connectivity index (χ1n) is 9.90. The third-order valence-corrected chi connectivity index (χ3v) is 6.53. The van der Waals surface area contributed by atoms with E-state index in [0.29, 0.717) is 18.8 Å². The molecule has 1 aliphatic heterocycles. The van der Waals surface area contributed by atoms with Crippen LogP contribution in [0.4, 0.5) is 4.39 Å². The van der Waals surface area contributed by atoms with Gasteiger partial charge in [-0.1, -0.05) is 18.2 Å². The highest BCUT2D eigenvalue weighted by Gasteiger charge is 2.29. The van der Waals surface area contributed by atoms with E-state index in [0.717, 1.165) is 0 Å². The van der Waals surface area contributed by atoms with Gasteiger partial charge in [-0.05, 0) is 35.9 Å². The van der Waals surface area contributed by atoms with Gasteiger partial charge in [0.1, 0.15) is 23.9 Å². The molecule has 0 spiro atoms. The molecule has 0 aromatic heterocycles. The van der Waals surface area contributed by atoms with Crippen molar-refractivity contribution in [3.63, 3.8) is 0 Å². The monoisotopic (exact) mass is 465 g/mol. The van der Waals surface area contributed by atoms with Crippen LogP contribution in [0.25, 0.3) is 6.08 Å². The van der Waals surface area contributed by atoms with Crippen molar-refractivity contribution in [1.29, 1.82) is 0 Å². The van der Waals surface area contributed by atoms with Crippen LogP contribution < -0.4 is 9.47 Å². The van der Waals surface area contributed by atoms with Crippen LogP contribution >= 0.6 is 0 Å². The average molecular weight is 465 g/mol. The fourth-order valence-corrected chi connectivity index (χ4v) is 4.59. The largest absolute Gasteiger partial charge is 0.495 e. The van der Waals surface area contributed by atoms with E-state index in [1.165, 1.54) is 47.8 Å². The van der Waals surface area contributed by atoms with Crippen molar-refractivity contribution in [3.05, 3.63) is 59.9 Å². The topological polar surface area (TPSA) is 91.4 Å². The maximum atomic E-state index is 13.5. The molecule has 1 fully saturated rings. The molecule has 2 aromatic carbocycles. The molecule has 0 radical (unpaired) electrons. The van der Waals surface area contributed by atoms with E-state index >= 15 is 0 Å². The van der Waals surface area contributed by atoms with Crippen LogP contribution in [0.1, 0.15) is 5.56 Å². The molecule has 0 atom stereocenters. The predicted octanol–water partition coefficient (Wildman–Crippen LogP) is 2.49. The molecule has 3 rings (SSSR count). The second-order valence-corrected chi connectivity index (χ2v) is 8.61. The molecule has 0 saturated carbocycles. The summed E-state index contributed by atoms with van der Waals surface area (Å²) in [6.45, 7) is 1.09. The summed E-state index contributed by atoms with van der Waals surface area (Å²) in [5.74, 6) is -0.857. The van der Waals surface area contributed by atoms with Gasteiger partial charge in [-0.2, -0.15) is 4.31 Å². The van der Waals surface area contributed by atoms with Gasteiger partial charge >= 0.3 is 5.97 Å². The first kappa shape index (κ1) is 23.7. The highest BCUT2D eigenvalue weighted by molar-refractivity contribution is 7.89. The number of methoxy groups -OCH3 is 1. The van der Waals surface area contributed by atoms with Gasteiger partial charge in [0.05, 0.1) is 20.3 Å². The lowest BCUT2D eigenvalue weighted by Gasteiger charge is -2.26. The van der Waals surface area contributed by atoms with Crippen molar-refractivity contribution >= 4 is 22.1 Å². The van der Waals surface area contributed by atoms with Crippen LogP contribution in [0.15, 0.2) is 53.4 Å². The molecule has 8 nitrogen and oxygen atoms in total. The number of morpholine rings is 1. The van der Waals surface area contributed by atoms with E-state index in [1.54, 1.807) is 18.2 Å². The Morgan fingerprint density at radius 2 is 1.88 bits per heavy atom. The Bertz CT molecular complexity index is 1070. The zero-order chi connectivity index (χ0) is 23.0. The fraction of sp³-hybridized carbons (Fsp3) is 0.318. The van der Waals surface area contributed by atoms with Crippen molar-refractivity contribution in [2.75, 3.05) is 46.6 Å². The highest BCUT2D eigenvalue weighted by atomic mass is 32.2. The number of nitrogens with zero attached hydrogens (tertiary/aromatic N) is 1. The van der Waals surface area contributed by atoms with Crippen molar-refractivity contribution in [1.82, 2.24) is 4.31 Å². The SMILES string of the molecule is COc1ccc(/C=C/C(=O)OCCOc2ccccc2F)cc1S(=O)(=O)N1CCOCC1. The Balaban J connectivity index is 1.60. The molecular weight excluding hydrogens is 441 g/mol. The third kappa shape index (κ3) is 6.06. The molecule has 10 heteroatoms. The van der Waals surface area contributed by atoms with Gasteiger partial charge in [0.25, 0.3) is 0 Å². The maximum absolute atomic E-state index is 13.5. The normalized spacial score (nSPS) is 14.9. The molecule has 0 amide bonds. The van der Waals surface area contributed by atoms with Crippen molar-refractivity contribution in [2.45, 2.75) is 4.90 Å². The number of benzene rings is 2. The van der Waals surface area contributed by atoms with Gasteiger partial charge in [-0.25, -0.2) is 17.6 Å². The summed E-state index contributed by atoms with van der Waals surface area (Å²) >= 11 is 0. The predicted molar refractivity (Wildman–Crippen MR) is 114 cm³/mol. The molecule has 0 bridgehead atoms. The fourth-order valence-electron chi connectivity index (χ4n) is 2.99. The number of sulfonamides is 1. The zero-order valence-electron chi connectivity index (χ0n) is 17.5. The standard InChI is InChI=1S/C22H24FNO7S/c1-28-20-8-6-17(16-21(20)32(26,27)24-10-12-29-13-11-24)7-9-22(25)31-15-14-30-19-5-3-2-4-18(19)23/h2-9,16H,10-15H2,1H3/b9-7+. The van der Waals surface area contributed by atoms with Gasteiger partial charge in [-0.3, -0.25) is 0 Å². The number of hydrogen-bond acceptors (Lipinski definition) is 7. The van der Waals surface area contributed by atoms with Crippen LogP contribution in [0.5, 0.6) is 11.5 Å². The number of carbonyl (C=O) groups excluding carboxylic acids is 1. The summed E-state index contributed by atoms with van der Waals surface area (Å²) in [7, 11) is -2.39. The molecule has 0 unspecified atom stereocenters. The lowest BCUT2D eigenvalue weighted by Crippen LogP contribution is -2.40. The Kier molecular flexibility index (Phi) is 8.20. The lowest BCUT2D eigenvalue weighted by molar-refractivity contribution is -0.138. The number of hydrogen-bond donors (Lipinski definition) is 0. The number of ether oxygens (including phenoxy) is 4. The van der Waals surface area contributed by atoms with Crippen molar-refractivity contribution in [2.24, 2.45) is 0 Å². The molecule has 0 N–H and O–H groups in total. The Hall–Kier alpha value is -2.95. The summed E-state index contributed by atoms with van der Waals surface area (Å²) in [5, 5.41) is 0. The van der Waals surface area contributed by atoms with Crippen LogP contribution in [-0.4, -0.2) is 65.3 Å². The van der Waals surface area contributed by atoms with E-state index in [1.807, 2.05) is 0 Å². The molecule has 1 saturated heterocycles. The summed E-state index contributed by atoms with van der Waals surface area (Å²) in [6.07, 6.45) is 2.62. The zero-order valence-corrected chi connectivity index (χ0v) is 18.3. The maximum Gasteiger partial charge on any atom is 0.330 e. The number of para-hydroxylation sites is 1. The first-order chi connectivity index (χ1) is 15.4. The number of halogens is 1.